The highest BCUT2D eigenvalue weighted by Crippen LogP contribution is 2.38. The Balaban J connectivity index is 1.47. The van der Waals surface area contributed by atoms with Crippen molar-refractivity contribution in [3.8, 4) is 17.3 Å². The summed E-state index contributed by atoms with van der Waals surface area (Å²) in [5.74, 6) is -0.0621. The lowest BCUT2D eigenvalue weighted by molar-refractivity contribution is -0.154. The highest BCUT2D eigenvalue weighted by Gasteiger charge is 2.42. The van der Waals surface area contributed by atoms with Crippen molar-refractivity contribution in [2.75, 3.05) is 13.2 Å². The standard InChI is InChI=1S/C26H27N3O2/c1-2-31-25(30)26(13-5-6-14-26)18-28-17-19-9-11-23-20(15-19)10-12-24(29-23)22-8-4-3-7-21(22)16-27/h3-4,7-12,15,28H,2,5-6,13-14,17-18H2,1H3. The summed E-state index contributed by atoms with van der Waals surface area (Å²) < 4.78 is 5.35. The van der Waals surface area contributed by atoms with Crippen molar-refractivity contribution in [3.63, 3.8) is 0 Å². The van der Waals surface area contributed by atoms with E-state index < -0.39 is 0 Å². The first kappa shape index (κ1) is 21.0. The van der Waals surface area contributed by atoms with Gasteiger partial charge >= 0.3 is 5.97 Å². The lowest BCUT2D eigenvalue weighted by Crippen LogP contribution is -2.40. The first-order valence-electron chi connectivity index (χ1n) is 10.9. The van der Waals surface area contributed by atoms with Crippen LogP contribution in [0.25, 0.3) is 22.2 Å². The number of pyridine rings is 1. The van der Waals surface area contributed by atoms with Crippen LogP contribution in [0.3, 0.4) is 0 Å². The highest BCUT2D eigenvalue weighted by molar-refractivity contribution is 5.83. The zero-order valence-corrected chi connectivity index (χ0v) is 17.9. The zero-order chi connectivity index (χ0) is 21.7. The number of fused-ring (bicyclic) bond motifs is 1. The number of carbonyl (C=O) groups excluding carboxylic acids is 1. The Morgan fingerprint density at radius 1 is 1.16 bits per heavy atom. The minimum Gasteiger partial charge on any atom is -0.466 e. The minimum absolute atomic E-state index is 0.0621. The number of nitrogens with one attached hydrogen (secondary N) is 1. The molecule has 0 spiro atoms. The Morgan fingerprint density at radius 2 is 1.97 bits per heavy atom. The Hall–Kier alpha value is -3.23. The largest absolute Gasteiger partial charge is 0.466 e. The Morgan fingerprint density at radius 3 is 2.74 bits per heavy atom. The second-order valence-corrected chi connectivity index (χ2v) is 8.19. The molecule has 0 saturated heterocycles. The monoisotopic (exact) mass is 413 g/mol. The lowest BCUT2D eigenvalue weighted by Gasteiger charge is -2.26. The molecule has 158 valence electrons. The first-order valence-corrected chi connectivity index (χ1v) is 10.9. The number of hydrogen-bond acceptors (Lipinski definition) is 5. The molecule has 5 heteroatoms. The molecule has 2 aromatic carbocycles. The van der Waals surface area contributed by atoms with Crippen LogP contribution in [0.5, 0.6) is 0 Å². The summed E-state index contributed by atoms with van der Waals surface area (Å²) in [4.78, 5) is 17.2. The van der Waals surface area contributed by atoms with Crippen molar-refractivity contribution >= 4 is 16.9 Å². The van der Waals surface area contributed by atoms with Crippen LogP contribution < -0.4 is 5.32 Å². The van der Waals surface area contributed by atoms with Gasteiger partial charge in [-0.05, 0) is 49.6 Å². The Bertz CT molecular complexity index is 1130. The molecule has 1 fully saturated rings. The predicted molar refractivity (Wildman–Crippen MR) is 121 cm³/mol. The van der Waals surface area contributed by atoms with Crippen LogP contribution in [0.2, 0.25) is 0 Å². The number of esters is 1. The number of rotatable bonds is 7. The molecule has 1 saturated carbocycles. The lowest BCUT2D eigenvalue weighted by atomic mass is 9.86. The van der Waals surface area contributed by atoms with E-state index in [0.717, 1.165) is 53.4 Å². The summed E-state index contributed by atoms with van der Waals surface area (Å²) in [6.45, 7) is 3.63. The van der Waals surface area contributed by atoms with Gasteiger partial charge in [-0.3, -0.25) is 4.79 Å². The van der Waals surface area contributed by atoms with Gasteiger partial charge in [-0.15, -0.1) is 0 Å². The van der Waals surface area contributed by atoms with Crippen molar-refractivity contribution in [1.82, 2.24) is 10.3 Å². The number of hydrogen-bond donors (Lipinski definition) is 1. The maximum Gasteiger partial charge on any atom is 0.313 e. The van der Waals surface area contributed by atoms with Crippen molar-refractivity contribution in [3.05, 3.63) is 65.7 Å². The Labute approximate surface area is 183 Å². The number of benzene rings is 2. The van der Waals surface area contributed by atoms with Crippen LogP contribution >= 0.6 is 0 Å². The number of carbonyl (C=O) groups is 1. The van der Waals surface area contributed by atoms with E-state index in [4.69, 9.17) is 9.72 Å². The van der Waals surface area contributed by atoms with Crippen molar-refractivity contribution in [2.24, 2.45) is 5.41 Å². The van der Waals surface area contributed by atoms with Gasteiger partial charge in [0.1, 0.15) is 0 Å². The van der Waals surface area contributed by atoms with Gasteiger partial charge < -0.3 is 10.1 Å². The van der Waals surface area contributed by atoms with E-state index in [1.165, 1.54) is 0 Å². The van der Waals surface area contributed by atoms with E-state index in [0.29, 0.717) is 25.3 Å². The molecule has 1 N–H and O–H groups in total. The quantitative estimate of drug-likeness (QED) is 0.553. The molecule has 0 atom stereocenters. The molecule has 31 heavy (non-hydrogen) atoms. The number of nitriles is 1. The third-order valence-corrected chi connectivity index (χ3v) is 6.14. The third kappa shape index (κ3) is 4.45. The van der Waals surface area contributed by atoms with Crippen LogP contribution in [0.1, 0.15) is 43.7 Å². The summed E-state index contributed by atoms with van der Waals surface area (Å²) in [5, 5.41) is 13.9. The molecule has 3 aromatic rings. The molecule has 0 unspecified atom stereocenters. The zero-order valence-electron chi connectivity index (χ0n) is 17.9. The van der Waals surface area contributed by atoms with Gasteiger partial charge in [0, 0.05) is 24.0 Å². The van der Waals surface area contributed by atoms with Gasteiger partial charge in [0.25, 0.3) is 0 Å². The molecule has 0 radical (unpaired) electrons. The predicted octanol–water partition coefficient (Wildman–Crippen LogP) is 4.99. The summed E-state index contributed by atoms with van der Waals surface area (Å²) in [6.07, 6.45) is 3.96. The van der Waals surface area contributed by atoms with E-state index in [1.54, 1.807) is 0 Å². The number of nitrogens with zero attached hydrogens (tertiary/aromatic N) is 2. The molecular weight excluding hydrogens is 386 g/mol. The fourth-order valence-corrected chi connectivity index (χ4v) is 4.47. The summed E-state index contributed by atoms with van der Waals surface area (Å²) in [6, 6.07) is 20.0. The van der Waals surface area contributed by atoms with Crippen molar-refractivity contribution in [1.29, 1.82) is 5.26 Å². The van der Waals surface area contributed by atoms with Crippen LogP contribution in [-0.2, 0) is 16.1 Å². The summed E-state index contributed by atoms with van der Waals surface area (Å²) >= 11 is 0. The van der Waals surface area contributed by atoms with Gasteiger partial charge in [0.2, 0.25) is 0 Å². The van der Waals surface area contributed by atoms with Gasteiger partial charge in [-0.25, -0.2) is 4.98 Å². The molecule has 5 nitrogen and oxygen atoms in total. The maximum absolute atomic E-state index is 12.5. The maximum atomic E-state index is 12.5. The molecule has 0 aliphatic heterocycles. The van der Waals surface area contributed by atoms with Gasteiger partial charge in [0.15, 0.2) is 0 Å². The van der Waals surface area contributed by atoms with Crippen LogP contribution in [0.15, 0.2) is 54.6 Å². The van der Waals surface area contributed by atoms with E-state index >= 15 is 0 Å². The average molecular weight is 414 g/mol. The second-order valence-electron chi connectivity index (χ2n) is 8.19. The molecule has 1 heterocycles. The Kier molecular flexibility index (Phi) is 6.29. The fourth-order valence-electron chi connectivity index (χ4n) is 4.47. The van der Waals surface area contributed by atoms with Crippen molar-refractivity contribution < 1.29 is 9.53 Å². The molecule has 0 amide bonds. The normalized spacial score (nSPS) is 15.0. The summed E-state index contributed by atoms with van der Waals surface area (Å²) in [7, 11) is 0. The number of ether oxygens (including phenoxy) is 1. The van der Waals surface area contributed by atoms with Gasteiger partial charge in [-0.1, -0.05) is 43.2 Å². The third-order valence-electron chi connectivity index (χ3n) is 6.14. The van der Waals surface area contributed by atoms with E-state index in [1.807, 2.05) is 49.4 Å². The SMILES string of the molecule is CCOC(=O)C1(CNCc2ccc3nc(-c4ccccc4C#N)ccc3c2)CCCC1. The van der Waals surface area contributed by atoms with Crippen LogP contribution in [0.4, 0.5) is 0 Å². The van der Waals surface area contributed by atoms with E-state index in [-0.39, 0.29) is 11.4 Å². The molecular formula is C26H27N3O2. The first-order chi connectivity index (χ1) is 15.1. The summed E-state index contributed by atoms with van der Waals surface area (Å²) in [5.41, 5.74) is 3.94. The fraction of sp³-hybridized carbons (Fsp3) is 0.346. The van der Waals surface area contributed by atoms with Crippen LogP contribution in [0, 0.1) is 16.7 Å². The van der Waals surface area contributed by atoms with E-state index in [2.05, 4.69) is 23.5 Å². The molecule has 4 rings (SSSR count). The second kappa shape index (κ2) is 9.28. The van der Waals surface area contributed by atoms with Crippen LogP contribution in [-0.4, -0.2) is 24.1 Å². The smallest absolute Gasteiger partial charge is 0.313 e. The molecule has 1 aromatic heterocycles. The van der Waals surface area contributed by atoms with Gasteiger partial charge in [0.05, 0.1) is 34.9 Å². The van der Waals surface area contributed by atoms with Gasteiger partial charge in [-0.2, -0.15) is 5.26 Å². The minimum atomic E-state index is -0.378. The highest BCUT2D eigenvalue weighted by atomic mass is 16.5. The van der Waals surface area contributed by atoms with Crippen molar-refractivity contribution in [2.45, 2.75) is 39.2 Å². The average Bonchev–Trinajstić information content (AvgIpc) is 3.29. The molecule has 0 bridgehead atoms. The topological polar surface area (TPSA) is 75.0 Å². The molecule has 1 aliphatic rings. The number of aromatic nitrogens is 1. The van der Waals surface area contributed by atoms with E-state index in [9.17, 15) is 10.1 Å². The molecule has 1 aliphatic carbocycles.